The third kappa shape index (κ3) is 2.50. The minimum atomic E-state index is -0.597. The van der Waals surface area contributed by atoms with E-state index in [2.05, 4.69) is 78.4 Å². The lowest BCUT2D eigenvalue weighted by atomic mass is 9.77. The van der Waals surface area contributed by atoms with Gasteiger partial charge in [-0.25, -0.2) is 0 Å². The number of fused-ring (bicyclic) bond motifs is 4. The summed E-state index contributed by atoms with van der Waals surface area (Å²) >= 11 is 0. The van der Waals surface area contributed by atoms with Crippen molar-refractivity contribution in [3.05, 3.63) is 59.7 Å². The van der Waals surface area contributed by atoms with Crippen molar-refractivity contribution in [2.45, 2.75) is 57.1 Å². The molecule has 0 radical (unpaired) electrons. The zero-order chi connectivity index (χ0) is 22.2. The van der Waals surface area contributed by atoms with Crippen molar-refractivity contribution in [2.75, 3.05) is 29.4 Å². The van der Waals surface area contributed by atoms with E-state index in [4.69, 9.17) is 9.73 Å². The maximum absolute atomic E-state index is 7.16. The smallest absolute Gasteiger partial charge is 0.228 e. The van der Waals surface area contributed by atoms with E-state index < -0.39 is 5.72 Å². The molecule has 0 saturated carbocycles. The van der Waals surface area contributed by atoms with E-state index >= 15 is 0 Å². The molecule has 0 N–H and O–H groups in total. The van der Waals surface area contributed by atoms with Crippen molar-refractivity contribution < 1.29 is 4.74 Å². The molecule has 1 fully saturated rings. The second-order valence-electron chi connectivity index (χ2n) is 10.6. The van der Waals surface area contributed by atoms with Crippen LogP contribution < -0.4 is 14.5 Å². The van der Waals surface area contributed by atoms with Crippen molar-refractivity contribution in [1.82, 2.24) is 0 Å². The van der Waals surface area contributed by atoms with Gasteiger partial charge in [0.2, 0.25) is 5.72 Å². The predicted octanol–water partition coefficient (Wildman–Crippen LogP) is 6.37. The highest BCUT2D eigenvalue weighted by atomic mass is 16.5. The second-order valence-corrected chi connectivity index (χ2v) is 10.6. The number of benzene rings is 3. The van der Waals surface area contributed by atoms with Gasteiger partial charge in [-0.05, 0) is 57.1 Å². The van der Waals surface area contributed by atoms with Gasteiger partial charge < -0.3 is 14.5 Å². The van der Waals surface area contributed by atoms with E-state index in [1.54, 1.807) is 0 Å². The third-order valence-electron chi connectivity index (χ3n) is 8.48. The molecule has 0 amide bonds. The van der Waals surface area contributed by atoms with E-state index in [0.29, 0.717) is 0 Å². The standard InChI is InChI=1S/C29H31N3O/c1-28(2)23-14-8-10-20-11-9-17-32(27(20)23)29(28)19-30-26-22-13-5-4-12-21(22)24(18-25(26)33-29)31-15-6-3-7-16-31/h4-5,8,10,12-14,18-19H,3,6-7,9,11,15-17H2,1-2H3. The van der Waals surface area contributed by atoms with E-state index in [1.165, 1.54) is 52.5 Å². The number of anilines is 2. The van der Waals surface area contributed by atoms with Crippen molar-refractivity contribution in [1.29, 1.82) is 0 Å². The van der Waals surface area contributed by atoms with Crippen molar-refractivity contribution >= 4 is 34.0 Å². The molecule has 1 atom stereocenters. The lowest BCUT2D eigenvalue weighted by molar-refractivity contribution is 0.0770. The van der Waals surface area contributed by atoms with Crippen LogP contribution >= 0.6 is 0 Å². The van der Waals surface area contributed by atoms with Gasteiger partial charge in [0.25, 0.3) is 0 Å². The lowest BCUT2D eigenvalue weighted by Crippen LogP contribution is -2.62. The Bertz CT molecular complexity index is 1300. The van der Waals surface area contributed by atoms with Crippen molar-refractivity contribution in [3.63, 3.8) is 0 Å². The fraction of sp³-hybridized carbons (Fsp3) is 0.414. The first-order valence-corrected chi connectivity index (χ1v) is 12.6. The molecule has 4 aliphatic heterocycles. The SMILES string of the molecule is CC1(C)c2cccc3c2N(CCC3)C12C=Nc1c(cc(N3CCCCC3)c3ccccc13)O2. The Morgan fingerprint density at radius 3 is 2.55 bits per heavy atom. The Morgan fingerprint density at radius 2 is 1.70 bits per heavy atom. The number of para-hydroxylation sites is 1. The molecule has 1 spiro atoms. The Morgan fingerprint density at radius 1 is 0.879 bits per heavy atom. The van der Waals surface area contributed by atoms with Crippen LogP contribution in [-0.4, -0.2) is 31.6 Å². The van der Waals surface area contributed by atoms with E-state index in [0.717, 1.165) is 43.9 Å². The zero-order valence-electron chi connectivity index (χ0n) is 19.6. The van der Waals surface area contributed by atoms with Crippen LogP contribution in [0.3, 0.4) is 0 Å². The van der Waals surface area contributed by atoms with Gasteiger partial charge in [-0.15, -0.1) is 0 Å². The van der Waals surface area contributed by atoms with E-state index in [-0.39, 0.29) is 5.41 Å². The third-order valence-corrected chi connectivity index (χ3v) is 8.48. The topological polar surface area (TPSA) is 28.1 Å². The summed E-state index contributed by atoms with van der Waals surface area (Å²) in [6.45, 7) is 7.88. The monoisotopic (exact) mass is 437 g/mol. The first-order valence-electron chi connectivity index (χ1n) is 12.6. The van der Waals surface area contributed by atoms with Crippen LogP contribution in [0.1, 0.15) is 50.7 Å². The highest BCUT2D eigenvalue weighted by Crippen LogP contribution is 2.57. The van der Waals surface area contributed by atoms with E-state index in [9.17, 15) is 0 Å². The Balaban J connectivity index is 1.42. The number of aryl methyl sites for hydroxylation is 1. The summed E-state index contributed by atoms with van der Waals surface area (Å²) in [5, 5.41) is 2.47. The van der Waals surface area contributed by atoms with Crippen LogP contribution in [0.15, 0.2) is 53.5 Å². The summed E-state index contributed by atoms with van der Waals surface area (Å²) in [4.78, 5) is 10.2. The fourth-order valence-corrected chi connectivity index (χ4v) is 6.70. The molecule has 1 saturated heterocycles. The molecule has 4 heteroatoms. The molecule has 4 nitrogen and oxygen atoms in total. The van der Waals surface area contributed by atoms with Crippen LogP contribution in [0.25, 0.3) is 10.8 Å². The predicted molar refractivity (Wildman–Crippen MR) is 137 cm³/mol. The fourth-order valence-electron chi connectivity index (χ4n) is 6.70. The van der Waals surface area contributed by atoms with Gasteiger partial charge in [-0.1, -0.05) is 42.5 Å². The molecule has 0 aliphatic carbocycles. The Kier molecular flexibility index (Phi) is 3.98. The van der Waals surface area contributed by atoms with Gasteiger partial charge in [0.05, 0.1) is 11.6 Å². The minimum Gasteiger partial charge on any atom is -0.459 e. The number of ether oxygens (including phenoxy) is 1. The summed E-state index contributed by atoms with van der Waals surface area (Å²) < 4.78 is 7.16. The molecule has 0 aromatic heterocycles. The molecule has 168 valence electrons. The van der Waals surface area contributed by atoms with Gasteiger partial charge in [0.1, 0.15) is 5.69 Å². The Labute approximate surface area is 195 Å². The molecule has 3 aromatic carbocycles. The summed E-state index contributed by atoms with van der Waals surface area (Å²) in [7, 11) is 0. The van der Waals surface area contributed by atoms with Gasteiger partial charge >= 0.3 is 0 Å². The van der Waals surface area contributed by atoms with Crippen LogP contribution in [-0.2, 0) is 11.8 Å². The first-order chi connectivity index (χ1) is 16.1. The molecule has 33 heavy (non-hydrogen) atoms. The summed E-state index contributed by atoms with van der Waals surface area (Å²) in [6.07, 6.45) is 8.24. The maximum atomic E-state index is 7.16. The lowest BCUT2D eigenvalue weighted by Gasteiger charge is -2.47. The normalized spacial score (nSPS) is 24.7. The van der Waals surface area contributed by atoms with Crippen LogP contribution in [0.2, 0.25) is 0 Å². The Hall–Kier alpha value is -3.01. The first kappa shape index (κ1) is 19.5. The maximum Gasteiger partial charge on any atom is 0.228 e. The van der Waals surface area contributed by atoms with Gasteiger partial charge in [0.15, 0.2) is 5.75 Å². The number of rotatable bonds is 1. The molecule has 4 heterocycles. The molecule has 0 bridgehead atoms. The second kappa shape index (κ2) is 6.75. The van der Waals surface area contributed by atoms with Gasteiger partial charge in [-0.2, -0.15) is 0 Å². The average molecular weight is 438 g/mol. The molecule has 4 aliphatic rings. The molecular formula is C29H31N3O. The number of hydrogen-bond acceptors (Lipinski definition) is 4. The summed E-state index contributed by atoms with van der Waals surface area (Å²) in [6, 6.07) is 17.8. The van der Waals surface area contributed by atoms with Gasteiger partial charge in [0, 0.05) is 47.8 Å². The average Bonchev–Trinajstić information content (AvgIpc) is 3.04. The van der Waals surface area contributed by atoms with Crippen molar-refractivity contribution in [3.8, 4) is 5.75 Å². The molecule has 3 aromatic rings. The van der Waals surface area contributed by atoms with Crippen LogP contribution in [0.4, 0.5) is 17.1 Å². The van der Waals surface area contributed by atoms with Crippen LogP contribution in [0.5, 0.6) is 5.75 Å². The minimum absolute atomic E-state index is 0.208. The quantitative estimate of drug-likeness (QED) is 0.443. The summed E-state index contributed by atoms with van der Waals surface area (Å²) in [5.41, 5.74) is 5.66. The van der Waals surface area contributed by atoms with Gasteiger partial charge in [-0.3, -0.25) is 4.99 Å². The number of piperidine rings is 1. The largest absolute Gasteiger partial charge is 0.459 e. The van der Waals surface area contributed by atoms with E-state index in [1.807, 2.05) is 0 Å². The molecular weight excluding hydrogens is 406 g/mol. The summed E-state index contributed by atoms with van der Waals surface area (Å²) in [5.74, 6) is 0.921. The number of hydrogen-bond donors (Lipinski definition) is 0. The molecule has 7 rings (SSSR count). The number of aliphatic imine (C=N–C) groups is 1. The van der Waals surface area contributed by atoms with Crippen LogP contribution in [0, 0.1) is 0 Å². The zero-order valence-corrected chi connectivity index (χ0v) is 19.6. The highest BCUT2D eigenvalue weighted by molar-refractivity contribution is 6.06. The molecule has 1 unspecified atom stereocenters. The van der Waals surface area contributed by atoms with Crippen molar-refractivity contribution in [2.24, 2.45) is 4.99 Å². The highest BCUT2D eigenvalue weighted by Gasteiger charge is 2.60. The number of nitrogens with zero attached hydrogens (tertiary/aromatic N) is 3.